The molecule has 2 aromatic heterocycles. The number of methoxy groups -OCH3 is 1. The number of carbonyl (C=O) groups is 2. The predicted octanol–water partition coefficient (Wildman–Crippen LogP) is 3.17. The topological polar surface area (TPSA) is 89.4 Å². The minimum Gasteiger partial charge on any atom is -0.497 e. The Morgan fingerprint density at radius 3 is 2.56 bits per heavy atom. The first-order valence-electron chi connectivity index (χ1n) is 10.7. The van der Waals surface area contributed by atoms with Gasteiger partial charge in [-0.15, -0.1) is 0 Å². The smallest absolute Gasteiger partial charge is 0.259 e. The van der Waals surface area contributed by atoms with E-state index in [0.717, 1.165) is 24.3 Å². The van der Waals surface area contributed by atoms with Gasteiger partial charge in [0, 0.05) is 44.4 Å². The highest BCUT2D eigenvalue weighted by Crippen LogP contribution is 2.24. The molecule has 4 rings (SSSR count). The van der Waals surface area contributed by atoms with Gasteiger partial charge in [-0.3, -0.25) is 19.3 Å². The molecule has 1 aliphatic rings. The molecule has 0 unspecified atom stereocenters. The van der Waals surface area contributed by atoms with Crippen LogP contribution in [0.4, 0.5) is 5.69 Å². The Balaban J connectivity index is 1.37. The lowest BCUT2D eigenvalue weighted by molar-refractivity contribution is 0.0689. The van der Waals surface area contributed by atoms with Crippen LogP contribution in [0.1, 0.15) is 39.3 Å². The second-order valence-electron chi connectivity index (χ2n) is 8.03. The Morgan fingerprint density at radius 2 is 1.91 bits per heavy atom. The maximum atomic E-state index is 12.9. The third-order valence-corrected chi connectivity index (χ3v) is 5.79. The van der Waals surface area contributed by atoms with E-state index in [4.69, 9.17) is 4.74 Å². The number of nitrogens with zero attached hydrogens (tertiary/aromatic N) is 4. The molecule has 32 heavy (non-hydrogen) atoms. The van der Waals surface area contributed by atoms with E-state index in [-0.39, 0.29) is 11.8 Å². The first kappa shape index (κ1) is 21.5. The highest BCUT2D eigenvalue weighted by Gasteiger charge is 2.26. The number of pyridine rings is 1. The number of aromatic nitrogens is 3. The van der Waals surface area contributed by atoms with E-state index in [1.807, 2.05) is 24.1 Å². The second-order valence-corrected chi connectivity index (χ2v) is 8.03. The van der Waals surface area contributed by atoms with Crippen molar-refractivity contribution < 1.29 is 14.3 Å². The van der Waals surface area contributed by atoms with E-state index < -0.39 is 0 Å². The van der Waals surface area contributed by atoms with Crippen molar-refractivity contribution in [3.05, 3.63) is 71.8 Å². The molecule has 1 aromatic carbocycles. The molecule has 166 valence electrons. The zero-order valence-corrected chi connectivity index (χ0v) is 18.3. The molecule has 3 heterocycles. The molecule has 3 aromatic rings. The summed E-state index contributed by atoms with van der Waals surface area (Å²) in [5, 5.41) is 7.48. The third-order valence-electron chi connectivity index (χ3n) is 5.79. The van der Waals surface area contributed by atoms with Crippen molar-refractivity contribution in [1.29, 1.82) is 0 Å². The summed E-state index contributed by atoms with van der Waals surface area (Å²) in [6.07, 6.45) is 7.49. The molecule has 1 N–H and O–H groups in total. The largest absolute Gasteiger partial charge is 0.497 e. The summed E-state index contributed by atoms with van der Waals surface area (Å²) in [5.74, 6) is 0.949. The van der Waals surface area contributed by atoms with Gasteiger partial charge in [0.2, 0.25) is 0 Å². The molecule has 1 fully saturated rings. The maximum absolute atomic E-state index is 12.9. The number of hydrogen-bond acceptors (Lipinski definition) is 5. The molecule has 0 atom stereocenters. The summed E-state index contributed by atoms with van der Waals surface area (Å²) in [5.41, 5.74) is 2.69. The van der Waals surface area contributed by atoms with Gasteiger partial charge >= 0.3 is 0 Å². The number of rotatable bonds is 6. The van der Waals surface area contributed by atoms with Crippen LogP contribution in [0.5, 0.6) is 5.75 Å². The molecule has 1 aliphatic heterocycles. The number of benzene rings is 1. The molecule has 2 amide bonds. The fraction of sp³-hybridized carbons (Fsp3) is 0.333. The minimum absolute atomic E-state index is 0.0222. The van der Waals surface area contributed by atoms with Crippen molar-refractivity contribution in [3.63, 3.8) is 0 Å². The summed E-state index contributed by atoms with van der Waals surface area (Å²) < 4.78 is 6.84. The first-order chi connectivity index (χ1) is 15.5. The Morgan fingerprint density at radius 1 is 1.16 bits per heavy atom. The van der Waals surface area contributed by atoms with Gasteiger partial charge in [0.15, 0.2) is 0 Å². The Labute approximate surface area is 187 Å². The van der Waals surface area contributed by atoms with Crippen LogP contribution in [0, 0.1) is 5.92 Å². The zero-order valence-electron chi connectivity index (χ0n) is 18.3. The SMILES string of the molecule is COc1ccc(NC(=O)c2cn(C)nc2CC2CCN(C(=O)c3cccnc3)CC2)cc1. The monoisotopic (exact) mass is 433 g/mol. The van der Waals surface area contributed by atoms with Crippen LogP contribution in [0.15, 0.2) is 55.0 Å². The highest BCUT2D eigenvalue weighted by molar-refractivity contribution is 6.05. The van der Waals surface area contributed by atoms with Crippen LogP contribution in [-0.4, -0.2) is 51.7 Å². The average molecular weight is 434 g/mol. The van der Waals surface area contributed by atoms with E-state index in [2.05, 4.69) is 15.4 Å². The van der Waals surface area contributed by atoms with Crippen LogP contribution >= 0.6 is 0 Å². The van der Waals surface area contributed by atoms with Gasteiger partial charge in [-0.05, 0) is 61.6 Å². The van der Waals surface area contributed by atoms with Crippen molar-refractivity contribution in [3.8, 4) is 5.75 Å². The van der Waals surface area contributed by atoms with Crippen LogP contribution in [-0.2, 0) is 13.5 Å². The predicted molar refractivity (Wildman–Crippen MR) is 121 cm³/mol. The summed E-state index contributed by atoms with van der Waals surface area (Å²) in [4.78, 5) is 31.4. The molecule has 8 heteroatoms. The summed E-state index contributed by atoms with van der Waals surface area (Å²) in [6.45, 7) is 1.39. The molecule has 0 aliphatic carbocycles. The number of nitrogens with one attached hydrogen (secondary N) is 1. The first-order valence-corrected chi connectivity index (χ1v) is 10.7. The van der Waals surface area contributed by atoms with Gasteiger partial charge in [-0.2, -0.15) is 5.10 Å². The molecule has 1 saturated heterocycles. The fourth-order valence-corrected chi connectivity index (χ4v) is 4.03. The van der Waals surface area contributed by atoms with E-state index in [1.165, 1.54) is 0 Å². The average Bonchev–Trinajstić information content (AvgIpc) is 3.20. The molecule has 0 spiro atoms. The number of anilines is 1. The van der Waals surface area contributed by atoms with Crippen molar-refractivity contribution in [2.45, 2.75) is 19.3 Å². The second kappa shape index (κ2) is 9.64. The molecule has 0 radical (unpaired) electrons. The molecule has 0 bridgehead atoms. The van der Waals surface area contributed by atoms with Crippen molar-refractivity contribution >= 4 is 17.5 Å². The highest BCUT2D eigenvalue weighted by atomic mass is 16.5. The summed E-state index contributed by atoms with van der Waals surface area (Å²) in [7, 11) is 3.43. The summed E-state index contributed by atoms with van der Waals surface area (Å²) in [6, 6.07) is 10.8. The molecular weight excluding hydrogens is 406 g/mol. The molecule has 0 saturated carbocycles. The van der Waals surface area contributed by atoms with E-state index in [9.17, 15) is 9.59 Å². The lowest BCUT2D eigenvalue weighted by Crippen LogP contribution is -2.39. The van der Waals surface area contributed by atoms with Gasteiger partial charge < -0.3 is 15.0 Å². The van der Waals surface area contributed by atoms with Crippen LogP contribution in [0.25, 0.3) is 0 Å². The van der Waals surface area contributed by atoms with Crippen LogP contribution in [0.2, 0.25) is 0 Å². The van der Waals surface area contributed by atoms with Crippen LogP contribution < -0.4 is 10.1 Å². The Kier molecular flexibility index (Phi) is 6.49. The van der Waals surface area contributed by atoms with Gasteiger partial charge in [0.1, 0.15) is 5.75 Å². The number of carbonyl (C=O) groups excluding carboxylic acids is 2. The van der Waals surface area contributed by atoms with E-state index >= 15 is 0 Å². The number of amides is 2. The fourth-order valence-electron chi connectivity index (χ4n) is 4.03. The van der Waals surface area contributed by atoms with E-state index in [0.29, 0.717) is 42.2 Å². The number of piperidine rings is 1. The maximum Gasteiger partial charge on any atom is 0.259 e. The minimum atomic E-state index is -0.178. The molecular formula is C24H27N5O3. The van der Waals surface area contributed by atoms with Gasteiger partial charge in [-0.1, -0.05) is 0 Å². The number of likely N-dealkylation sites (tertiary alicyclic amines) is 1. The Bertz CT molecular complexity index is 1070. The van der Waals surface area contributed by atoms with Crippen molar-refractivity contribution in [1.82, 2.24) is 19.7 Å². The normalized spacial score (nSPS) is 14.2. The zero-order chi connectivity index (χ0) is 22.5. The van der Waals surface area contributed by atoms with Crippen molar-refractivity contribution in [2.24, 2.45) is 13.0 Å². The quantitative estimate of drug-likeness (QED) is 0.645. The van der Waals surface area contributed by atoms with Crippen LogP contribution in [0.3, 0.4) is 0 Å². The van der Waals surface area contributed by atoms with Gasteiger partial charge in [-0.25, -0.2) is 0 Å². The lowest BCUT2D eigenvalue weighted by Gasteiger charge is -2.31. The van der Waals surface area contributed by atoms with Crippen molar-refractivity contribution in [2.75, 3.05) is 25.5 Å². The van der Waals surface area contributed by atoms with Gasteiger partial charge in [0.05, 0.1) is 23.9 Å². The lowest BCUT2D eigenvalue weighted by atomic mass is 9.91. The number of aryl methyl sites for hydroxylation is 1. The third kappa shape index (κ3) is 4.96. The standard InChI is InChI=1S/C24H27N5O3/c1-28-16-21(23(30)26-19-5-7-20(32-2)8-6-19)22(27-28)14-17-9-12-29(13-10-17)24(31)18-4-3-11-25-15-18/h3-8,11,15-17H,9-10,12-14H2,1-2H3,(H,26,30). The number of hydrogen-bond donors (Lipinski definition) is 1. The summed E-state index contributed by atoms with van der Waals surface area (Å²) >= 11 is 0. The van der Waals surface area contributed by atoms with Gasteiger partial charge in [0.25, 0.3) is 11.8 Å². The Hall–Kier alpha value is -3.68. The van der Waals surface area contributed by atoms with E-state index in [1.54, 1.807) is 54.6 Å². The molecule has 8 nitrogen and oxygen atoms in total. The number of ether oxygens (including phenoxy) is 1.